The van der Waals surface area contributed by atoms with Gasteiger partial charge in [-0.2, -0.15) is 0 Å². The summed E-state index contributed by atoms with van der Waals surface area (Å²) in [5, 5.41) is 0. The highest BCUT2D eigenvalue weighted by molar-refractivity contribution is 5.44. The first-order valence-corrected chi connectivity index (χ1v) is 18.4. The number of unbranched alkanes of at least 4 members (excludes halogenated alkanes) is 6. The Morgan fingerprint density at radius 2 is 0.739 bits per heavy atom. The van der Waals surface area contributed by atoms with Crippen LogP contribution in [0.4, 0.5) is 11.4 Å². The Morgan fingerprint density at radius 3 is 1.11 bits per heavy atom. The molecule has 0 saturated heterocycles. The fourth-order valence-electron chi connectivity index (χ4n) is 7.08. The molecule has 46 heavy (non-hydrogen) atoms. The van der Waals surface area contributed by atoms with Gasteiger partial charge in [-0.25, -0.2) is 0 Å². The lowest BCUT2D eigenvalue weighted by Gasteiger charge is -2.21. The van der Waals surface area contributed by atoms with E-state index in [0.29, 0.717) is 17.8 Å². The zero-order chi connectivity index (χ0) is 32.6. The van der Waals surface area contributed by atoms with Gasteiger partial charge in [-0.05, 0) is 95.7 Å². The van der Waals surface area contributed by atoms with Crippen LogP contribution >= 0.6 is 0 Å². The van der Waals surface area contributed by atoms with Crippen molar-refractivity contribution in [3.63, 3.8) is 0 Å². The number of benzene rings is 4. The molecule has 0 spiro atoms. The molecule has 4 aromatic carbocycles. The Kier molecular flexibility index (Phi) is 14.8. The Hall–Kier alpha value is -3.52. The van der Waals surface area contributed by atoms with Crippen molar-refractivity contribution in [1.29, 1.82) is 0 Å². The Balaban J connectivity index is 1.48. The molecule has 0 radical (unpaired) electrons. The molecule has 0 amide bonds. The van der Waals surface area contributed by atoms with Crippen molar-refractivity contribution < 1.29 is 0 Å². The summed E-state index contributed by atoms with van der Waals surface area (Å²) >= 11 is 0. The van der Waals surface area contributed by atoms with Gasteiger partial charge in [0.1, 0.15) is 0 Å². The van der Waals surface area contributed by atoms with Gasteiger partial charge >= 0.3 is 0 Å². The molecule has 0 saturated carbocycles. The van der Waals surface area contributed by atoms with E-state index in [2.05, 4.69) is 93.6 Å². The van der Waals surface area contributed by atoms with E-state index < -0.39 is 0 Å². The number of anilines is 2. The Bertz CT molecular complexity index is 1270. The van der Waals surface area contributed by atoms with Crippen LogP contribution in [0.1, 0.15) is 143 Å². The minimum Gasteiger partial charge on any atom is -0.399 e. The van der Waals surface area contributed by atoms with Crippen LogP contribution < -0.4 is 11.5 Å². The summed E-state index contributed by atoms with van der Waals surface area (Å²) in [5.41, 5.74) is 22.2. The molecule has 0 aliphatic heterocycles. The summed E-state index contributed by atoms with van der Waals surface area (Å²) in [6.07, 6.45) is 17.5. The second kappa shape index (κ2) is 19.2. The summed E-state index contributed by atoms with van der Waals surface area (Å²) < 4.78 is 0. The first-order valence-electron chi connectivity index (χ1n) is 18.4. The number of nitrogen functional groups attached to an aromatic ring is 2. The normalized spacial score (nSPS) is 13.4. The molecule has 2 nitrogen and oxygen atoms in total. The maximum Gasteiger partial charge on any atom is 0.0314 e. The van der Waals surface area contributed by atoms with Crippen molar-refractivity contribution in [2.75, 3.05) is 11.5 Å². The largest absolute Gasteiger partial charge is 0.399 e. The molecule has 0 heterocycles. The molecule has 2 heteroatoms. The van der Waals surface area contributed by atoms with Crippen LogP contribution in [0.15, 0.2) is 97.1 Å². The van der Waals surface area contributed by atoms with Gasteiger partial charge in [0, 0.05) is 23.2 Å². The Morgan fingerprint density at radius 1 is 0.391 bits per heavy atom. The lowest BCUT2D eigenvalue weighted by atomic mass is 9.84. The quantitative estimate of drug-likeness (QED) is 0.0766. The van der Waals surface area contributed by atoms with Gasteiger partial charge < -0.3 is 11.5 Å². The van der Waals surface area contributed by atoms with E-state index in [-0.39, 0.29) is 0 Å². The van der Waals surface area contributed by atoms with Gasteiger partial charge in [-0.1, -0.05) is 151 Å². The highest BCUT2D eigenvalue weighted by Gasteiger charge is 2.17. The molecule has 4 N–H and O–H groups in total. The van der Waals surface area contributed by atoms with Gasteiger partial charge in [0.05, 0.1) is 0 Å². The summed E-state index contributed by atoms with van der Waals surface area (Å²) in [7, 11) is 0. The summed E-state index contributed by atoms with van der Waals surface area (Å²) in [5.74, 6) is 1.51. The van der Waals surface area contributed by atoms with Crippen molar-refractivity contribution in [3.05, 3.63) is 130 Å². The molecular weight excluding hydrogens is 556 g/mol. The zero-order valence-corrected chi connectivity index (χ0v) is 29.0. The zero-order valence-electron chi connectivity index (χ0n) is 29.0. The van der Waals surface area contributed by atoms with Crippen LogP contribution in [0.2, 0.25) is 0 Å². The molecular formula is C44H60N2. The second-order valence-electron chi connectivity index (χ2n) is 13.7. The molecule has 4 aromatic rings. The lowest BCUT2D eigenvalue weighted by molar-refractivity contribution is 0.446. The minimum atomic E-state index is 0.428. The van der Waals surface area contributed by atoms with Crippen LogP contribution in [0.5, 0.6) is 0 Å². The standard InChI is InChI=1S/C44H60N2/c1-4-7-10-11-12-13-36(32-34-16-20-37(21-17-34)43(14-8-5-2)39-24-28-41(45)29-25-39)33-35-18-22-38(23-19-35)44(15-9-6-3)40-26-30-42(46)31-27-40/h16-31,36,43-44H,4-15,32-33,45-46H2,1-3H3. The molecule has 4 rings (SSSR count). The average molecular weight is 617 g/mol. The van der Waals surface area contributed by atoms with E-state index in [0.717, 1.165) is 24.2 Å². The molecule has 0 aliphatic rings. The van der Waals surface area contributed by atoms with E-state index in [1.165, 1.54) is 110 Å². The van der Waals surface area contributed by atoms with E-state index in [1.807, 2.05) is 24.3 Å². The van der Waals surface area contributed by atoms with Crippen LogP contribution in [0, 0.1) is 5.92 Å². The molecule has 2 atom stereocenters. The Labute approximate surface area is 281 Å². The number of hydrogen-bond donors (Lipinski definition) is 2. The summed E-state index contributed by atoms with van der Waals surface area (Å²) in [4.78, 5) is 0. The minimum absolute atomic E-state index is 0.428. The van der Waals surface area contributed by atoms with Gasteiger partial charge in [-0.15, -0.1) is 0 Å². The fraction of sp³-hybridized carbons (Fsp3) is 0.455. The molecule has 246 valence electrons. The van der Waals surface area contributed by atoms with E-state index >= 15 is 0 Å². The van der Waals surface area contributed by atoms with Crippen molar-refractivity contribution in [2.24, 2.45) is 5.92 Å². The monoisotopic (exact) mass is 616 g/mol. The van der Waals surface area contributed by atoms with Gasteiger partial charge in [-0.3, -0.25) is 0 Å². The number of hydrogen-bond acceptors (Lipinski definition) is 2. The van der Waals surface area contributed by atoms with Crippen LogP contribution in [-0.4, -0.2) is 0 Å². The maximum atomic E-state index is 6.01. The van der Waals surface area contributed by atoms with Crippen LogP contribution in [0.3, 0.4) is 0 Å². The average Bonchev–Trinajstić information content (AvgIpc) is 3.08. The van der Waals surface area contributed by atoms with E-state index in [4.69, 9.17) is 11.5 Å². The third kappa shape index (κ3) is 11.1. The summed E-state index contributed by atoms with van der Waals surface area (Å²) in [6.45, 7) is 6.86. The van der Waals surface area contributed by atoms with Crippen LogP contribution in [-0.2, 0) is 12.8 Å². The van der Waals surface area contributed by atoms with E-state index in [9.17, 15) is 0 Å². The fourth-order valence-corrected chi connectivity index (χ4v) is 7.08. The van der Waals surface area contributed by atoms with Gasteiger partial charge in [0.2, 0.25) is 0 Å². The van der Waals surface area contributed by atoms with Gasteiger partial charge in [0.25, 0.3) is 0 Å². The molecule has 0 aromatic heterocycles. The van der Waals surface area contributed by atoms with Crippen molar-refractivity contribution >= 4 is 11.4 Å². The molecule has 0 aliphatic carbocycles. The highest BCUT2D eigenvalue weighted by Crippen LogP contribution is 2.33. The number of rotatable bonds is 20. The lowest BCUT2D eigenvalue weighted by Crippen LogP contribution is -2.10. The predicted molar refractivity (Wildman–Crippen MR) is 202 cm³/mol. The second-order valence-corrected chi connectivity index (χ2v) is 13.7. The maximum absolute atomic E-state index is 6.01. The molecule has 0 fully saturated rings. The SMILES string of the molecule is CCCCCCCC(Cc1ccc(C(CCCC)c2ccc(N)cc2)cc1)Cc1ccc(C(CCCC)c2ccc(N)cc2)cc1. The smallest absolute Gasteiger partial charge is 0.0314 e. The van der Waals surface area contributed by atoms with E-state index in [1.54, 1.807) is 0 Å². The van der Waals surface area contributed by atoms with Crippen LogP contribution in [0.25, 0.3) is 0 Å². The predicted octanol–water partition coefficient (Wildman–Crippen LogP) is 12.3. The van der Waals surface area contributed by atoms with Crippen molar-refractivity contribution in [2.45, 2.75) is 122 Å². The topological polar surface area (TPSA) is 52.0 Å². The molecule has 2 unspecified atom stereocenters. The first-order chi connectivity index (χ1) is 22.5. The van der Waals surface area contributed by atoms with Crippen molar-refractivity contribution in [3.8, 4) is 0 Å². The van der Waals surface area contributed by atoms with Gasteiger partial charge in [0.15, 0.2) is 0 Å². The summed E-state index contributed by atoms with van der Waals surface area (Å²) in [6, 6.07) is 36.2. The first kappa shape index (κ1) is 35.3. The number of nitrogens with two attached hydrogens (primary N) is 2. The highest BCUT2D eigenvalue weighted by atomic mass is 14.5. The van der Waals surface area contributed by atoms with Crippen molar-refractivity contribution in [1.82, 2.24) is 0 Å². The third-order valence-corrected chi connectivity index (χ3v) is 9.90. The molecule has 0 bridgehead atoms. The third-order valence-electron chi connectivity index (χ3n) is 9.90.